The van der Waals surface area contributed by atoms with E-state index in [2.05, 4.69) is 10.6 Å². The molecule has 3 aromatic rings. The molecule has 0 fully saturated rings. The monoisotopic (exact) mass is 403 g/mol. The van der Waals surface area contributed by atoms with E-state index in [-0.39, 0.29) is 22.2 Å². The minimum atomic E-state index is -0.612. The Kier molecular flexibility index (Phi) is 5.21. The number of carbonyl (C=O) groups excluding carboxylic acids is 2. The van der Waals surface area contributed by atoms with Gasteiger partial charge < -0.3 is 15.2 Å². The molecule has 0 radical (unpaired) electrons. The number of pyridine rings is 1. The van der Waals surface area contributed by atoms with Crippen LogP contribution in [0.2, 0.25) is 10.0 Å². The van der Waals surface area contributed by atoms with Gasteiger partial charge >= 0.3 is 0 Å². The molecule has 0 aliphatic carbocycles. The van der Waals surface area contributed by atoms with Crippen molar-refractivity contribution in [1.29, 1.82) is 0 Å². The lowest BCUT2D eigenvalue weighted by molar-refractivity contribution is -0.114. The van der Waals surface area contributed by atoms with Gasteiger partial charge in [0.15, 0.2) is 0 Å². The normalized spacial score (nSPS) is 10.7. The number of benzene rings is 2. The summed E-state index contributed by atoms with van der Waals surface area (Å²) in [6, 6.07) is 9.61. The maximum Gasteiger partial charge on any atom is 0.261 e. The van der Waals surface area contributed by atoms with E-state index in [4.69, 9.17) is 23.2 Å². The van der Waals surface area contributed by atoms with Crippen molar-refractivity contribution in [2.24, 2.45) is 7.05 Å². The zero-order valence-electron chi connectivity index (χ0n) is 14.5. The van der Waals surface area contributed by atoms with Crippen LogP contribution >= 0.6 is 23.2 Å². The second kappa shape index (κ2) is 7.42. The number of carbonyl (C=O) groups is 2. The topological polar surface area (TPSA) is 80.2 Å². The van der Waals surface area contributed by atoms with E-state index in [9.17, 15) is 14.4 Å². The first-order valence-electron chi connectivity index (χ1n) is 7.94. The fourth-order valence-electron chi connectivity index (χ4n) is 2.77. The Balaban J connectivity index is 2.02. The number of anilines is 2. The smallest absolute Gasteiger partial charge is 0.261 e. The summed E-state index contributed by atoms with van der Waals surface area (Å²) in [5, 5.41) is 6.27. The second-order valence-corrected chi connectivity index (χ2v) is 6.76. The molecule has 138 valence electrons. The number of hydrogen-bond acceptors (Lipinski definition) is 3. The molecular weight excluding hydrogens is 389 g/mol. The van der Waals surface area contributed by atoms with Crippen molar-refractivity contribution in [3.63, 3.8) is 0 Å². The SMILES string of the molecule is CC(=O)Nc1ccc(Cl)c(NC(=O)c2cn(C)c3c(Cl)cccc3c2=O)c1. The molecular formula is C19H15Cl2N3O3. The van der Waals surface area contributed by atoms with Crippen molar-refractivity contribution in [3.05, 3.63) is 68.4 Å². The van der Waals surface area contributed by atoms with Gasteiger partial charge in [-0.05, 0) is 30.3 Å². The minimum Gasteiger partial charge on any atom is -0.348 e. The summed E-state index contributed by atoms with van der Waals surface area (Å²) in [7, 11) is 1.70. The highest BCUT2D eigenvalue weighted by atomic mass is 35.5. The Hall–Kier alpha value is -2.83. The lowest BCUT2D eigenvalue weighted by Crippen LogP contribution is -2.23. The molecule has 0 saturated heterocycles. The average molecular weight is 404 g/mol. The van der Waals surface area contributed by atoms with Gasteiger partial charge in [-0.2, -0.15) is 0 Å². The zero-order chi connectivity index (χ0) is 19.7. The number of amides is 2. The molecule has 2 N–H and O–H groups in total. The van der Waals surface area contributed by atoms with E-state index < -0.39 is 11.3 Å². The molecule has 0 saturated carbocycles. The van der Waals surface area contributed by atoms with E-state index in [1.165, 1.54) is 19.2 Å². The first kappa shape index (κ1) is 18.9. The Morgan fingerprint density at radius 2 is 1.78 bits per heavy atom. The summed E-state index contributed by atoms with van der Waals surface area (Å²) in [5.41, 5.74) is 0.818. The molecule has 1 aromatic heterocycles. The van der Waals surface area contributed by atoms with Crippen molar-refractivity contribution in [2.45, 2.75) is 6.92 Å². The van der Waals surface area contributed by atoms with Gasteiger partial charge in [-0.15, -0.1) is 0 Å². The standard InChI is InChI=1S/C19H15Cl2N3O3/c1-10(25)22-11-6-7-14(20)16(8-11)23-19(27)13-9-24(2)17-12(18(13)26)4-3-5-15(17)21/h3-9H,1-2H3,(H,22,25)(H,23,27). The fourth-order valence-corrected chi connectivity index (χ4v) is 3.25. The number of halogens is 2. The number of hydrogen-bond donors (Lipinski definition) is 2. The Morgan fingerprint density at radius 3 is 2.48 bits per heavy atom. The molecule has 27 heavy (non-hydrogen) atoms. The van der Waals surface area contributed by atoms with Crippen LogP contribution in [0.25, 0.3) is 10.9 Å². The fraction of sp³-hybridized carbons (Fsp3) is 0.105. The first-order chi connectivity index (χ1) is 12.8. The van der Waals surface area contributed by atoms with Crippen LogP contribution in [0, 0.1) is 0 Å². The Labute approximate surface area is 164 Å². The molecule has 0 aliphatic rings. The van der Waals surface area contributed by atoms with Crippen LogP contribution in [-0.4, -0.2) is 16.4 Å². The van der Waals surface area contributed by atoms with Crippen LogP contribution in [0.4, 0.5) is 11.4 Å². The molecule has 0 aliphatic heterocycles. The van der Waals surface area contributed by atoms with Crippen molar-refractivity contribution in [3.8, 4) is 0 Å². The lowest BCUT2D eigenvalue weighted by atomic mass is 10.1. The van der Waals surface area contributed by atoms with Crippen LogP contribution in [-0.2, 0) is 11.8 Å². The highest BCUT2D eigenvalue weighted by molar-refractivity contribution is 6.35. The molecule has 3 rings (SSSR count). The lowest BCUT2D eigenvalue weighted by Gasteiger charge is -2.12. The second-order valence-electron chi connectivity index (χ2n) is 5.95. The molecule has 1 heterocycles. The predicted molar refractivity (Wildman–Crippen MR) is 108 cm³/mol. The average Bonchev–Trinajstić information content (AvgIpc) is 2.60. The van der Waals surface area contributed by atoms with E-state index in [0.717, 1.165) is 0 Å². The van der Waals surface area contributed by atoms with Crippen molar-refractivity contribution in [1.82, 2.24) is 4.57 Å². The molecule has 8 heteroatoms. The Bertz CT molecular complexity index is 1140. The third-order valence-electron chi connectivity index (χ3n) is 3.93. The minimum absolute atomic E-state index is 0.0479. The summed E-state index contributed by atoms with van der Waals surface area (Å²) in [6.07, 6.45) is 1.43. The van der Waals surface area contributed by atoms with Gasteiger partial charge in [-0.1, -0.05) is 29.3 Å². The molecule has 0 bridgehead atoms. The van der Waals surface area contributed by atoms with Gasteiger partial charge in [0.05, 0.1) is 21.2 Å². The molecule has 0 unspecified atom stereocenters. The number of fused-ring (bicyclic) bond motifs is 1. The number of para-hydroxylation sites is 1. The number of rotatable bonds is 3. The highest BCUT2D eigenvalue weighted by Gasteiger charge is 2.17. The van der Waals surface area contributed by atoms with Crippen LogP contribution in [0.15, 0.2) is 47.4 Å². The highest BCUT2D eigenvalue weighted by Crippen LogP contribution is 2.26. The van der Waals surface area contributed by atoms with Crippen molar-refractivity contribution >= 4 is 57.3 Å². The summed E-state index contributed by atoms with van der Waals surface area (Å²) in [6.45, 7) is 1.37. The maximum absolute atomic E-state index is 12.7. The van der Waals surface area contributed by atoms with E-state index in [1.807, 2.05) is 0 Å². The molecule has 2 amide bonds. The van der Waals surface area contributed by atoms with Crippen LogP contribution in [0.3, 0.4) is 0 Å². The van der Waals surface area contributed by atoms with Gasteiger partial charge in [0, 0.05) is 31.2 Å². The van der Waals surface area contributed by atoms with E-state index in [0.29, 0.717) is 21.6 Å². The summed E-state index contributed by atoms with van der Waals surface area (Å²) < 4.78 is 1.63. The van der Waals surface area contributed by atoms with E-state index in [1.54, 1.807) is 41.9 Å². The molecule has 0 spiro atoms. The van der Waals surface area contributed by atoms with Crippen molar-refractivity contribution in [2.75, 3.05) is 10.6 Å². The third-order valence-corrected chi connectivity index (χ3v) is 4.57. The number of aryl methyl sites for hydroxylation is 1. The number of nitrogens with one attached hydrogen (secondary N) is 2. The summed E-state index contributed by atoms with van der Waals surface area (Å²) in [4.78, 5) is 36.6. The van der Waals surface area contributed by atoms with Gasteiger partial charge in [-0.3, -0.25) is 14.4 Å². The summed E-state index contributed by atoms with van der Waals surface area (Å²) >= 11 is 12.3. The van der Waals surface area contributed by atoms with Gasteiger partial charge in [0.2, 0.25) is 11.3 Å². The predicted octanol–water partition coefficient (Wildman–Crippen LogP) is 4.06. The number of aromatic nitrogens is 1. The number of nitrogens with zero attached hydrogens (tertiary/aromatic N) is 1. The molecule has 6 nitrogen and oxygen atoms in total. The van der Waals surface area contributed by atoms with Crippen LogP contribution < -0.4 is 16.1 Å². The van der Waals surface area contributed by atoms with Crippen LogP contribution in [0.1, 0.15) is 17.3 Å². The quantitative estimate of drug-likeness (QED) is 0.691. The van der Waals surface area contributed by atoms with Crippen LogP contribution in [0.5, 0.6) is 0 Å². The van der Waals surface area contributed by atoms with Gasteiger partial charge in [-0.25, -0.2) is 0 Å². The maximum atomic E-state index is 12.7. The largest absolute Gasteiger partial charge is 0.348 e. The summed E-state index contributed by atoms with van der Waals surface area (Å²) in [5.74, 6) is -0.866. The zero-order valence-corrected chi connectivity index (χ0v) is 16.0. The van der Waals surface area contributed by atoms with E-state index >= 15 is 0 Å². The Morgan fingerprint density at radius 1 is 1.04 bits per heavy atom. The first-order valence-corrected chi connectivity index (χ1v) is 8.70. The van der Waals surface area contributed by atoms with Gasteiger partial charge in [0.1, 0.15) is 5.56 Å². The third kappa shape index (κ3) is 3.82. The van der Waals surface area contributed by atoms with Gasteiger partial charge in [0.25, 0.3) is 5.91 Å². The molecule has 2 aromatic carbocycles. The molecule has 0 atom stereocenters. The van der Waals surface area contributed by atoms with Crippen molar-refractivity contribution < 1.29 is 9.59 Å².